The second-order valence-corrected chi connectivity index (χ2v) is 7.13. The molecular weight excluding hydrogens is 268 g/mol. The normalized spacial score (nSPS) is 27.6. The van der Waals surface area contributed by atoms with Gasteiger partial charge in [-0.15, -0.1) is 0 Å². The zero-order valence-electron chi connectivity index (χ0n) is 13.5. The standard InChI is InChI=1S/C16H28N2O3/c1-12-7-4-5-10-18(12)15(21)17-9-6-8-13(11-17)16(2,3)14(19)20/h12-13H,4-11H2,1-3H3,(H,19,20). The molecule has 2 amide bonds. The lowest BCUT2D eigenvalue weighted by Gasteiger charge is -2.43. The van der Waals surface area contributed by atoms with Gasteiger partial charge in [0.15, 0.2) is 0 Å². The fourth-order valence-corrected chi connectivity index (χ4v) is 3.48. The molecule has 0 aromatic heterocycles. The summed E-state index contributed by atoms with van der Waals surface area (Å²) in [6.07, 6.45) is 5.13. The Hall–Kier alpha value is -1.26. The van der Waals surface area contributed by atoms with Crippen LogP contribution in [0.25, 0.3) is 0 Å². The SMILES string of the molecule is CC1CCCCN1C(=O)N1CCCC(C(C)(C)C(=O)O)C1. The molecule has 2 unspecified atom stereocenters. The van der Waals surface area contributed by atoms with Gasteiger partial charge in [0.2, 0.25) is 0 Å². The number of carboxylic acid groups (broad SMARTS) is 1. The molecule has 1 N–H and O–H groups in total. The highest BCUT2D eigenvalue weighted by atomic mass is 16.4. The van der Waals surface area contributed by atoms with Crippen molar-refractivity contribution in [1.29, 1.82) is 0 Å². The van der Waals surface area contributed by atoms with Gasteiger partial charge in [0.25, 0.3) is 0 Å². The zero-order valence-corrected chi connectivity index (χ0v) is 13.5. The molecule has 2 saturated heterocycles. The maximum absolute atomic E-state index is 12.7. The van der Waals surface area contributed by atoms with Gasteiger partial charge in [0.1, 0.15) is 0 Å². The van der Waals surface area contributed by atoms with Gasteiger partial charge in [0, 0.05) is 25.7 Å². The van der Waals surface area contributed by atoms with Crippen LogP contribution in [0.1, 0.15) is 52.9 Å². The monoisotopic (exact) mass is 296 g/mol. The van der Waals surface area contributed by atoms with E-state index in [4.69, 9.17) is 0 Å². The van der Waals surface area contributed by atoms with Gasteiger partial charge in [0.05, 0.1) is 5.41 Å². The quantitative estimate of drug-likeness (QED) is 0.852. The van der Waals surface area contributed by atoms with Gasteiger partial charge < -0.3 is 14.9 Å². The number of hydrogen-bond donors (Lipinski definition) is 1. The van der Waals surface area contributed by atoms with E-state index in [9.17, 15) is 14.7 Å². The average molecular weight is 296 g/mol. The Morgan fingerprint density at radius 3 is 2.43 bits per heavy atom. The number of aliphatic carboxylic acids is 1. The summed E-state index contributed by atoms with van der Waals surface area (Å²) in [7, 11) is 0. The van der Waals surface area contributed by atoms with Crippen molar-refractivity contribution in [2.24, 2.45) is 11.3 Å². The second-order valence-electron chi connectivity index (χ2n) is 7.13. The van der Waals surface area contributed by atoms with Crippen LogP contribution in [0.3, 0.4) is 0 Å². The first kappa shape index (κ1) is 16.1. The summed E-state index contributed by atoms with van der Waals surface area (Å²) in [5.74, 6) is -0.735. The molecule has 0 aromatic carbocycles. The molecule has 2 heterocycles. The van der Waals surface area contributed by atoms with Crippen LogP contribution in [-0.4, -0.2) is 52.6 Å². The van der Waals surface area contributed by atoms with Gasteiger partial charge >= 0.3 is 12.0 Å². The third-order valence-corrected chi connectivity index (χ3v) is 5.31. The Balaban J connectivity index is 2.03. The molecule has 0 radical (unpaired) electrons. The average Bonchev–Trinajstić information content (AvgIpc) is 2.47. The molecule has 2 aliphatic heterocycles. The number of carbonyl (C=O) groups is 2. The molecule has 5 nitrogen and oxygen atoms in total. The Kier molecular flexibility index (Phi) is 4.79. The van der Waals surface area contributed by atoms with E-state index in [2.05, 4.69) is 6.92 Å². The fraction of sp³-hybridized carbons (Fsp3) is 0.875. The second kappa shape index (κ2) is 6.24. The van der Waals surface area contributed by atoms with E-state index in [1.807, 2.05) is 9.80 Å². The number of likely N-dealkylation sites (tertiary alicyclic amines) is 2. The number of hydrogen-bond acceptors (Lipinski definition) is 2. The molecule has 0 aromatic rings. The van der Waals surface area contributed by atoms with Gasteiger partial charge in [-0.05, 0) is 58.8 Å². The molecule has 2 rings (SSSR count). The molecule has 2 atom stereocenters. The molecule has 2 fully saturated rings. The van der Waals surface area contributed by atoms with E-state index >= 15 is 0 Å². The summed E-state index contributed by atoms with van der Waals surface area (Å²) in [5, 5.41) is 9.40. The Labute approximate surface area is 127 Å². The summed E-state index contributed by atoms with van der Waals surface area (Å²) in [6.45, 7) is 7.83. The maximum Gasteiger partial charge on any atom is 0.320 e. The number of rotatable bonds is 2. The Bertz CT molecular complexity index is 408. The molecule has 0 spiro atoms. The van der Waals surface area contributed by atoms with Crippen molar-refractivity contribution in [3.05, 3.63) is 0 Å². The van der Waals surface area contributed by atoms with E-state index in [0.29, 0.717) is 12.6 Å². The van der Waals surface area contributed by atoms with Crippen molar-refractivity contribution in [3.63, 3.8) is 0 Å². The molecular formula is C16H28N2O3. The van der Waals surface area contributed by atoms with Crippen molar-refractivity contribution in [1.82, 2.24) is 9.80 Å². The van der Waals surface area contributed by atoms with E-state index in [1.54, 1.807) is 13.8 Å². The minimum absolute atomic E-state index is 0.0350. The highest BCUT2D eigenvalue weighted by Gasteiger charge is 2.41. The minimum atomic E-state index is -0.771. The minimum Gasteiger partial charge on any atom is -0.481 e. The van der Waals surface area contributed by atoms with Crippen LogP contribution < -0.4 is 0 Å². The topological polar surface area (TPSA) is 60.9 Å². The summed E-state index contributed by atoms with van der Waals surface area (Å²) < 4.78 is 0. The third kappa shape index (κ3) is 3.33. The number of amides is 2. The summed E-state index contributed by atoms with van der Waals surface area (Å²) in [4.78, 5) is 28.0. The Morgan fingerprint density at radius 2 is 1.81 bits per heavy atom. The lowest BCUT2D eigenvalue weighted by Crippen LogP contribution is -2.54. The first-order chi connectivity index (χ1) is 9.84. The zero-order chi connectivity index (χ0) is 15.6. The van der Waals surface area contributed by atoms with Gasteiger partial charge in [-0.3, -0.25) is 4.79 Å². The predicted molar refractivity (Wildman–Crippen MR) is 81.1 cm³/mol. The predicted octanol–water partition coefficient (Wildman–Crippen LogP) is 2.80. The van der Waals surface area contributed by atoms with Crippen LogP contribution in [0.4, 0.5) is 4.79 Å². The summed E-state index contributed by atoms with van der Waals surface area (Å²) >= 11 is 0. The molecule has 2 aliphatic rings. The maximum atomic E-state index is 12.7. The van der Waals surface area contributed by atoms with E-state index in [1.165, 1.54) is 6.42 Å². The van der Waals surface area contributed by atoms with E-state index in [0.717, 1.165) is 38.8 Å². The van der Waals surface area contributed by atoms with Crippen LogP contribution >= 0.6 is 0 Å². The van der Waals surface area contributed by atoms with Gasteiger partial charge in [-0.1, -0.05) is 0 Å². The van der Waals surface area contributed by atoms with Crippen molar-refractivity contribution in [3.8, 4) is 0 Å². The summed E-state index contributed by atoms with van der Waals surface area (Å²) in [6, 6.07) is 0.409. The van der Waals surface area contributed by atoms with Gasteiger partial charge in [-0.2, -0.15) is 0 Å². The first-order valence-electron chi connectivity index (χ1n) is 8.13. The fourth-order valence-electron chi connectivity index (χ4n) is 3.48. The molecule has 0 bridgehead atoms. The Morgan fingerprint density at radius 1 is 1.10 bits per heavy atom. The largest absolute Gasteiger partial charge is 0.481 e. The molecule has 0 saturated carbocycles. The molecule has 21 heavy (non-hydrogen) atoms. The smallest absolute Gasteiger partial charge is 0.320 e. The van der Waals surface area contributed by atoms with Crippen LogP contribution in [0, 0.1) is 11.3 Å². The molecule has 5 heteroatoms. The third-order valence-electron chi connectivity index (χ3n) is 5.31. The number of carboxylic acids is 1. The number of piperidine rings is 2. The molecule has 120 valence electrons. The number of carbonyl (C=O) groups excluding carboxylic acids is 1. The van der Waals surface area contributed by atoms with Crippen molar-refractivity contribution >= 4 is 12.0 Å². The van der Waals surface area contributed by atoms with Crippen molar-refractivity contribution < 1.29 is 14.7 Å². The van der Waals surface area contributed by atoms with Gasteiger partial charge in [-0.25, -0.2) is 4.79 Å². The van der Waals surface area contributed by atoms with Crippen LogP contribution in [-0.2, 0) is 4.79 Å². The summed E-state index contributed by atoms with van der Waals surface area (Å²) in [5.41, 5.74) is -0.771. The van der Waals surface area contributed by atoms with Crippen LogP contribution in [0.5, 0.6) is 0 Å². The number of urea groups is 1. The highest BCUT2D eigenvalue weighted by Crippen LogP contribution is 2.34. The van der Waals surface area contributed by atoms with Crippen molar-refractivity contribution in [2.75, 3.05) is 19.6 Å². The highest BCUT2D eigenvalue weighted by molar-refractivity contribution is 5.76. The lowest BCUT2D eigenvalue weighted by atomic mass is 9.74. The molecule has 0 aliphatic carbocycles. The first-order valence-corrected chi connectivity index (χ1v) is 8.13. The number of nitrogens with zero attached hydrogens (tertiary/aromatic N) is 2. The van der Waals surface area contributed by atoms with Crippen LogP contribution in [0.15, 0.2) is 0 Å². The van der Waals surface area contributed by atoms with E-state index in [-0.39, 0.29) is 11.9 Å². The van der Waals surface area contributed by atoms with E-state index < -0.39 is 11.4 Å². The van der Waals surface area contributed by atoms with Crippen molar-refractivity contribution in [2.45, 2.75) is 58.9 Å². The lowest BCUT2D eigenvalue weighted by molar-refractivity contribution is -0.151. The van der Waals surface area contributed by atoms with Crippen LogP contribution in [0.2, 0.25) is 0 Å².